The van der Waals surface area contributed by atoms with E-state index in [1.807, 2.05) is 6.92 Å². The van der Waals surface area contributed by atoms with Gasteiger partial charge in [0.25, 0.3) is 0 Å². The third-order valence-electron chi connectivity index (χ3n) is 5.05. The molecule has 1 aliphatic rings. The number of nitrogens with zero attached hydrogens (tertiary/aromatic N) is 2. The highest BCUT2D eigenvalue weighted by molar-refractivity contribution is 7.15. The molecule has 0 bridgehead atoms. The fourth-order valence-electron chi connectivity index (χ4n) is 3.46. The predicted molar refractivity (Wildman–Crippen MR) is 109 cm³/mol. The Bertz CT molecular complexity index is 880. The lowest BCUT2D eigenvalue weighted by atomic mass is 9.97. The summed E-state index contributed by atoms with van der Waals surface area (Å²) >= 11 is 1.30. The van der Waals surface area contributed by atoms with Crippen molar-refractivity contribution < 1.29 is 22.8 Å². The Balaban J connectivity index is 1.56. The minimum Gasteiger partial charge on any atom is -0.342 e. The van der Waals surface area contributed by atoms with Gasteiger partial charge >= 0.3 is 6.18 Å². The maximum atomic E-state index is 12.7. The van der Waals surface area contributed by atoms with E-state index in [0.717, 1.165) is 41.8 Å². The average molecular weight is 440 g/mol. The van der Waals surface area contributed by atoms with Crippen LogP contribution in [0.2, 0.25) is 0 Å². The third-order valence-corrected chi connectivity index (χ3v) is 5.96. The van der Waals surface area contributed by atoms with Crippen molar-refractivity contribution >= 4 is 28.3 Å². The van der Waals surface area contributed by atoms with E-state index in [9.17, 15) is 22.8 Å². The van der Waals surface area contributed by atoms with Crippen molar-refractivity contribution in [1.29, 1.82) is 0 Å². The summed E-state index contributed by atoms with van der Waals surface area (Å²) in [5.74, 6) is -0.329. The van der Waals surface area contributed by atoms with Crippen LogP contribution >= 0.6 is 11.3 Å². The summed E-state index contributed by atoms with van der Waals surface area (Å²) < 4.78 is 38.0. The number of likely N-dealkylation sites (tertiary alicyclic amines) is 1. The van der Waals surface area contributed by atoms with Gasteiger partial charge < -0.3 is 10.2 Å². The van der Waals surface area contributed by atoms with Crippen LogP contribution in [0.25, 0.3) is 0 Å². The van der Waals surface area contributed by atoms with E-state index >= 15 is 0 Å². The number of piperidine rings is 1. The Kier molecular flexibility index (Phi) is 7.12. The fraction of sp³-hybridized carbons (Fsp3) is 0.476. The second-order valence-electron chi connectivity index (χ2n) is 7.42. The van der Waals surface area contributed by atoms with Crippen molar-refractivity contribution in [2.45, 2.75) is 45.2 Å². The van der Waals surface area contributed by atoms with Crippen molar-refractivity contribution in [2.75, 3.05) is 18.4 Å². The molecule has 0 spiro atoms. The number of carbonyl (C=O) groups is 2. The number of benzene rings is 1. The molecule has 2 heterocycles. The number of anilines is 1. The van der Waals surface area contributed by atoms with E-state index in [2.05, 4.69) is 10.3 Å². The lowest BCUT2D eigenvalue weighted by Crippen LogP contribution is -2.43. The molecule has 5 nitrogen and oxygen atoms in total. The van der Waals surface area contributed by atoms with E-state index < -0.39 is 11.7 Å². The number of aromatic nitrogens is 1. The second kappa shape index (κ2) is 9.59. The highest BCUT2D eigenvalue weighted by Crippen LogP contribution is 2.30. The molecular formula is C21H24F3N3O2S. The zero-order chi connectivity index (χ0) is 21.7. The quantitative estimate of drug-likeness (QED) is 0.708. The summed E-state index contributed by atoms with van der Waals surface area (Å²) in [5.41, 5.74) is 0.0596. The van der Waals surface area contributed by atoms with Crippen LogP contribution in [0.5, 0.6) is 0 Å². The first-order valence-electron chi connectivity index (χ1n) is 9.95. The topological polar surface area (TPSA) is 62.3 Å². The number of alkyl halides is 3. The molecule has 1 aromatic carbocycles. The first-order chi connectivity index (χ1) is 14.3. The van der Waals surface area contributed by atoms with Crippen LogP contribution in [-0.2, 0) is 22.2 Å². The monoisotopic (exact) mass is 439 g/mol. The van der Waals surface area contributed by atoms with Gasteiger partial charge in [0.2, 0.25) is 11.8 Å². The van der Waals surface area contributed by atoms with E-state index in [4.69, 9.17) is 0 Å². The molecule has 9 heteroatoms. The number of hydrogen-bond donors (Lipinski definition) is 1. The van der Waals surface area contributed by atoms with Gasteiger partial charge in [-0.15, -0.1) is 11.3 Å². The molecule has 1 aromatic heterocycles. The Labute approximate surface area is 177 Å². The molecule has 1 saturated heterocycles. The molecule has 1 fully saturated rings. The number of thiazole rings is 1. The SMILES string of the molecule is CCCC(=O)N1CCCC(C(=O)Nc2ncc(Cc3ccc(C(F)(F)F)cc3)s2)C1. The van der Waals surface area contributed by atoms with E-state index in [0.29, 0.717) is 31.1 Å². The molecular weight excluding hydrogens is 415 g/mol. The van der Waals surface area contributed by atoms with Gasteiger partial charge in [0.05, 0.1) is 11.5 Å². The van der Waals surface area contributed by atoms with Crippen LogP contribution in [0.15, 0.2) is 30.5 Å². The third kappa shape index (κ3) is 5.81. The number of carbonyl (C=O) groups excluding carboxylic acids is 2. The molecule has 162 valence electrons. The van der Waals surface area contributed by atoms with Crippen LogP contribution < -0.4 is 5.32 Å². The van der Waals surface area contributed by atoms with Gasteiger partial charge in [-0.05, 0) is 37.0 Å². The van der Waals surface area contributed by atoms with Crippen molar-refractivity contribution in [2.24, 2.45) is 5.92 Å². The van der Waals surface area contributed by atoms with Crippen molar-refractivity contribution in [3.05, 3.63) is 46.5 Å². The molecule has 1 N–H and O–H groups in total. The molecule has 1 atom stereocenters. The van der Waals surface area contributed by atoms with E-state index in [1.54, 1.807) is 11.1 Å². The molecule has 2 amide bonds. The Morgan fingerprint density at radius 3 is 2.67 bits per heavy atom. The summed E-state index contributed by atoms with van der Waals surface area (Å²) in [4.78, 5) is 31.5. The maximum Gasteiger partial charge on any atom is 0.416 e. The zero-order valence-corrected chi connectivity index (χ0v) is 17.5. The maximum absolute atomic E-state index is 12.7. The molecule has 0 radical (unpaired) electrons. The van der Waals surface area contributed by atoms with Gasteiger partial charge in [-0.3, -0.25) is 9.59 Å². The van der Waals surface area contributed by atoms with Gasteiger partial charge in [-0.2, -0.15) is 13.2 Å². The van der Waals surface area contributed by atoms with E-state index in [-0.39, 0.29) is 17.7 Å². The number of halogens is 3. The second-order valence-corrected chi connectivity index (χ2v) is 8.54. The fourth-order valence-corrected chi connectivity index (χ4v) is 4.31. The van der Waals surface area contributed by atoms with Gasteiger partial charge in [-0.1, -0.05) is 19.1 Å². The minimum absolute atomic E-state index is 0.0862. The van der Waals surface area contributed by atoms with Crippen LogP contribution in [0.1, 0.15) is 48.6 Å². The predicted octanol–water partition coefficient (Wildman–Crippen LogP) is 4.73. The minimum atomic E-state index is -4.35. The van der Waals surface area contributed by atoms with Crippen LogP contribution in [0.4, 0.5) is 18.3 Å². The lowest BCUT2D eigenvalue weighted by molar-refractivity contribution is -0.137. The molecule has 1 aliphatic heterocycles. The normalized spacial score (nSPS) is 17.1. The summed E-state index contributed by atoms with van der Waals surface area (Å²) in [6.07, 6.45) is 0.512. The largest absolute Gasteiger partial charge is 0.416 e. The molecule has 1 unspecified atom stereocenters. The summed E-state index contributed by atoms with van der Waals surface area (Å²) in [7, 11) is 0. The van der Waals surface area contributed by atoms with Gasteiger partial charge in [0.1, 0.15) is 0 Å². The summed E-state index contributed by atoms with van der Waals surface area (Å²) in [5, 5.41) is 3.28. The van der Waals surface area contributed by atoms with E-state index in [1.165, 1.54) is 23.5 Å². The number of rotatable bonds is 6. The van der Waals surface area contributed by atoms with Crippen LogP contribution in [-0.4, -0.2) is 34.8 Å². The summed E-state index contributed by atoms with van der Waals surface area (Å²) in [6.45, 7) is 3.07. The summed E-state index contributed by atoms with van der Waals surface area (Å²) in [6, 6.07) is 5.02. The zero-order valence-electron chi connectivity index (χ0n) is 16.7. The Hall–Kier alpha value is -2.42. The van der Waals surface area contributed by atoms with Crippen molar-refractivity contribution in [3.63, 3.8) is 0 Å². The molecule has 3 rings (SSSR count). The Morgan fingerprint density at radius 1 is 1.27 bits per heavy atom. The first-order valence-corrected chi connectivity index (χ1v) is 10.8. The van der Waals surface area contributed by atoms with Gasteiger partial charge in [-0.25, -0.2) is 4.98 Å². The number of amides is 2. The van der Waals surface area contributed by atoms with Crippen LogP contribution in [0.3, 0.4) is 0 Å². The average Bonchev–Trinajstić information content (AvgIpc) is 3.14. The molecule has 0 saturated carbocycles. The Morgan fingerprint density at radius 2 is 2.00 bits per heavy atom. The molecule has 2 aromatic rings. The lowest BCUT2D eigenvalue weighted by Gasteiger charge is -2.31. The molecule has 30 heavy (non-hydrogen) atoms. The first kappa shape index (κ1) is 22.3. The van der Waals surface area contributed by atoms with Crippen molar-refractivity contribution in [1.82, 2.24) is 9.88 Å². The smallest absolute Gasteiger partial charge is 0.342 e. The van der Waals surface area contributed by atoms with Crippen LogP contribution in [0, 0.1) is 5.92 Å². The van der Waals surface area contributed by atoms with Crippen molar-refractivity contribution in [3.8, 4) is 0 Å². The number of hydrogen-bond acceptors (Lipinski definition) is 4. The standard InChI is InChI=1S/C21H24F3N3O2S/c1-2-4-18(28)27-10-3-5-15(13-27)19(29)26-20-25-12-17(30-20)11-14-6-8-16(9-7-14)21(22,23)24/h6-9,12,15H,2-5,10-11,13H2,1H3,(H,25,26,29). The highest BCUT2D eigenvalue weighted by atomic mass is 32.1. The highest BCUT2D eigenvalue weighted by Gasteiger charge is 2.30. The number of nitrogens with one attached hydrogen (secondary N) is 1. The van der Waals surface area contributed by atoms with Gasteiger partial charge in [0.15, 0.2) is 5.13 Å². The molecule has 0 aliphatic carbocycles. The van der Waals surface area contributed by atoms with Gasteiger partial charge in [0, 0.05) is 37.0 Å².